The Balaban J connectivity index is 1.27. The van der Waals surface area contributed by atoms with Gasteiger partial charge in [0.1, 0.15) is 17.4 Å². The molecule has 2 aromatic carbocycles. The Hall–Kier alpha value is -3.59. The summed E-state index contributed by atoms with van der Waals surface area (Å²) in [6.45, 7) is 3.64. The predicted molar refractivity (Wildman–Crippen MR) is 118 cm³/mol. The van der Waals surface area contributed by atoms with Gasteiger partial charge in [-0.1, -0.05) is 0 Å². The van der Waals surface area contributed by atoms with Crippen LogP contribution in [0.5, 0.6) is 17.2 Å². The molecule has 4 aromatic rings. The first-order chi connectivity index (χ1) is 16.1. The number of imidazole rings is 1. The van der Waals surface area contributed by atoms with Crippen LogP contribution in [-0.2, 0) is 6.54 Å². The van der Waals surface area contributed by atoms with Gasteiger partial charge in [-0.05, 0) is 56.6 Å². The molecule has 9 heteroatoms. The van der Waals surface area contributed by atoms with Gasteiger partial charge in [0.25, 0.3) is 0 Å². The normalized spacial score (nSPS) is 17.8. The molecular weight excluding hydrogens is 427 g/mol. The molecule has 0 amide bonds. The summed E-state index contributed by atoms with van der Waals surface area (Å²) in [5, 5.41) is 0. The topological polar surface area (TPSA) is 85.6 Å². The molecule has 2 aromatic heterocycles. The Morgan fingerprint density at radius 3 is 3.00 bits per heavy atom. The van der Waals surface area contributed by atoms with Gasteiger partial charge < -0.3 is 23.6 Å². The van der Waals surface area contributed by atoms with Gasteiger partial charge in [0, 0.05) is 12.1 Å². The number of aryl methyl sites for hydroxylation is 1. The van der Waals surface area contributed by atoms with Crippen LogP contribution in [0.4, 0.5) is 4.39 Å². The van der Waals surface area contributed by atoms with E-state index in [2.05, 4.69) is 9.88 Å². The minimum atomic E-state index is -0.271. The molecule has 0 saturated carbocycles. The number of rotatable bonds is 5. The molecular formula is C24H23FN4O4. The number of halogens is 1. The maximum absolute atomic E-state index is 13.6. The Bertz CT molecular complexity index is 1350. The van der Waals surface area contributed by atoms with Crippen molar-refractivity contribution >= 4 is 11.0 Å². The van der Waals surface area contributed by atoms with Crippen molar-refractivity contribution in [2.45, 2.75) is 32.4 Å². The van der Waals surface area contributed by atoms with Crippen LogP contribution in [0.25, 0.3) is 22.5 Å². The van der Waals surface area contributed by atoms with E-state index in [1.165, 1.54) is 12.1 Å². The Morgan fingerprint density at radius 1 is 1.21 bits per heavy atom. The molecule has 1 saturated heterocycles. The van der Waals surface area contributed by atoms with E-state index in [0.717, 1.165) is 47.7 Å². The number of ether oxygens (including phenoxy) is 3. The van der Waals surface area contributed by atoms with Crippen LogP contribution in [0.2, 0.25) is 0 Å². The quantitative estimate of drug-likeness (QED) is 0.470. The Labute approximate surface area is 189 Å². The van der Waals surface area contributed by atoms with E-state index >= 15 is 0 Å². The second-order valence-corrected chi connectivity index (χ2v) is 8.35. The van der Waals surface area contributed by atoms with E-state index in [9.17, 15) is 4.39 Å². The maximum Gasteiger partial charge on any atom is 0.231 e. The van der Waals surface area contributed by atoms with Gasteiger partial charge in [0.05, 0.1) is 29.9 Å². The molecule has 33 heavy (non-hydrogen) atoms. The summed E-state index contributed by atoms with van der Waals surface area (Å²) in [6, 6.07) is 8.44. The van der Waals surface area contributed by atoms with Gasteiger partial charge in [-0.3, -0.25) is 4.90 Å². The van der Waals surface area contributed by atoms with Crippen molar-refractivity contribution in [2.24, 2.45) is 0 Å². The SMILES string of the molecule is COc1cc(-c2nc(CN3CCC[C@H]3c3nc4ccc(F)cc4[nH]3)c(C)o2)cc2c1OCO2. The van der Waals surface area contributed by atoms with Crippen molar-refractivity contribution in [3.63, 3.8) is 0 Å². The van der Waals surface area contributed by atoms with Crippen molar-refractivity contribution in [1.29, 1.82) is 0 Å². The van der Waals surface area contributed by atoms with Crippen molar-refractivity contribution < 1.29 is 23.0 Å². The van der Waals surface area contributed by atoms with Crippen LogP contribution in [0.15, 0.2) is 34.7 Å². The number of H-pyrrole nitrogens is 1. The van der Waals surface area contributed by atoms with Gasteiger partial charge in [-0.25, -0.2) is 14.4 Å². The number of oxazole rings is 1. The minimum Gasteiger partial charge on any atom is -0.493 e. The number of aromatic amines is 1. The molecule has 2 aliphatic rings. The van der Waals surface area contributed by atoms with Gasteiger partial charge in [0.2, 0.25) is 18.4 Å². The summed E-state index contributed by atoms with van der Waals surface area (Å²) in [6.07, 6.45) is 2.03. The lowest BCUT2D eigenvalue weighted by molar-refractivity contribution is 0.171. The molecule has 1 atom stereocenters. The Kier molecular flexibility index (Phi) is 4.72. The van der Waals surface area contributed by atoms with E-state index in [-0.39, 0.29) is 18.7 Å². The summed E-state index contributed by atoms with van der Waals surface area (Å²) in [7, 11) is 1.59. The van der Waals surface area contributed by atoms with E-state index < -0.39 is 0 Å². The number of likely N-dealkylation sites (tertiary alicyclic amines) is 1. The van der Waals surface area contributed by atoms with E-state index in [0.29, 0.717) is 35.2 Å². The van der Waals surface area contributed by atoms with Gasteiger partial charge in [-0.15, -0.1) is 0 Å². The molecule has 170 valence electrons. The molecule has 1 fully saturated rings. The standard InChI is InChI=1S/C24H23FN4O4/c1-13-18(28-24(33-13)14-8-20(30-2)22-21(9-14)31-12-32-22)11-29-7-3-4-19(29)23-26-16-6-5-15(25)10-17(16)27-23/h5-6,8-10,19H,3-4,7,11-12H2,1-2H3,(H,26,27)/t19-/m0/s1. The number of hydrogen-bond acceptors (Lipinski definition) is 7. The lowest BCUT2D eigenvalue weighted by Gasteiger charge is -2.21. The lowest BCUT2D eigenvalue weighted by atomic mass is 10.2. The smallest absolute Gasteiger partial charge is 0.231 e. The van der Waals surface area contributed by atoms with Crippen LogP contribution >= 0.6 is 0 Å². The van der Waals surface area contributed by atoms with Crippen LogP contribution in [0, 0.1) is 12.7 Å². The lowest BCUT2D eigenvalue weighted by Crippen LogP contribution is -2.24. The second-order valence-electron chi connectivity index (χ2n) is 8.35. The van der Waals surface area contributed by atoms with Crippen LogP contribution in [0.3, 0.4) is 0 Å². The molecule has 0 unspecified atom stereocenters. The fourth-order valence-corrected chi connectivity index (χ4v) is 4.63. The van der Waals surface area contributed by atoms with Gasteiger partial charge in [0.15, 0.2) is 11.5 Å². The second kappa shape index (κ2) is 7.77. The molecule has 4 heterocycles. The monoisotopic (exact) mass is 450 g/mol. The highest BCUT2D eigenvalue weighted by atomic mass is 19.1. The molecule has 0 spiro atoms. The van der Waals surface area contributed by atoms with E-state index in [4.69, 9.17) is 28.6 Å². The Morgan fingerprint density at radius 2 is 2.12 bits per heavy atom. The first kappa shape index (κ1) is 20.0. The zero-order valence-corrected chi connectivity index (χ0v) is 18.4. The summed E-state index contributed by atoms with van der Waals surface area (Å²) in [4.78, 5) is 15.1. The first-order valence-electron chi connectivity index (χ1n) is 10.9. The number of hydrogen-bond donors (Lipinski definition) is 1. The van der Waals surface area contributed by atoms with Crippen molar-refractivity contribution in [3.8, 4) is 28.7 Å². The zero-order valence-electron chi connectivity index (χ0n) is 18.4. The third-order valence-electron chi connectivity index (χ3n) is 6.29. The molecule has 0 radical (unpaired) electrons. The summed E-state index contributed by atoms with van der Waals surface area (Å²) >= 11 is 0. The summed E-state index contributed by atoms with van der Waals surface area (Å²) in [5.41, 5.74) is 3.13. The fourth-order valence-electron chi connectivity index (χ4n) is 4.63. The molecule has 2 aliphatic heterocycles. The van der Waals surface area contributed by atoms with Crippen LogP contribution < -0.4 is 14.2 Å². The predicted octanol–water partition coefficient (Wildman–Crippen LogP) is 4.74. The number of fused-ring (bicyclic) bond motifs is 2. The third kappa shape index (κ3) is 3.48. The molecule has 6 rings (SSSR count). The number of methoxy groups -OCH3 is 1. The molecule has 8 nitrogen and oxygen atoms in total. The largest absolute Gasteiger partial charge is 0.493 e. The third-order valence-corrected chi connectivity index (χ3v) is 6.29. The summed E-state index contributed by atoms with van der Waals surface area (Å²) < 4.78 is 36.1. The van der Waals surface area contributed by atoms with Crippen molar-refractivity contribution in [1.82, 2.24) is 19.9 Å². The highest BCUT2D eigenvalue weighted by molar-refractivity contribution is 5.75. The van der Waals surface area contributed by atoms with Crippen LogP contribution in [0.1, 0.15) is 36.2 Å². The van der Waals surface area contributed by atoms with Crippen molar-refractivity contribution in [3.05, 3.63) is 53.4 Å². The average molecular weight is 450 g/mol. The average Bonchev–Trinajstić information content (AvgIpc) is 3.59. The zero-order chi connectivity index (χ0) is 22.5. The maximum atomic E-state index is 13.6. The molecule has 0 aliphatic carbocycles. The van der Waals surface area contributed by atoms with Gasteiger partial charge >= 0.3 is 0 Å². The van der Waals surface area contributed by atoms with Gasteiger partial charge in [-0.2, -0.15) is 0 Å². The van der Waals surface area contributed by atoms with Crippen LogP contribution in [-0.4, -0.2) is 40.3 Å². The number of nitrogens with zero attached hydrogens (tertiary/aromatic N) is 3. The molecule has 1 N–H and O–H groups in total. The minimum absolute atomic E-state index is 0.116. The van der Waals surface area contributed by atoms with E-state index in [1.54, 1.807) is 13.2 Å². The number of benzene rings is 2. The molecule has 0 bridgehead atoms. The highest BCUT2D eigenvalue weighted by Gasteiger charge is 2.30. The number of nitrogens with one attached hydrogen (secondary N) is 1. The number of aromatic nitrogens is 3. The fraction of sp³-hybridized carbons (Fsp3) is 0.333. The first-order valence-corrected chi connectivity index (χ1v) is 10.9. The van der Waals surface area contributed by atoms with E-state index in [1.807, 2.05) is 19.1 Å². The van der Waals surface area contributed by atoms with Crippen molar-refractivity contribution in [2.75, 3.05) is 20.4 Å². The highest BCUT2D eigenvalue weighted by Crippen LogP contribution is 2.44. The summed E-state index contributed by atoms with van der Waals surface area (Å²) in [5.74, 6) is 3.64.